The van der Waals surface area contributed by atoms with Gasteiger partial charge in [0, 0.05) is 25.1 Å². The largest absolute Gasteiger partial charge is 0.493 e. The Balaban J connectivity index is 2.16. The van der Waals surface area contributed by atoms with E-state index in [2.05, 4.69) is 0 Å². The third-order valence-electron chi connectivity index (χ3n) is 6.01. The summed E-state index contributed by atoms with van der Waals surface area (Å²) < 4.78 is 52.7. The van der Waals surface area contributed by atoms with E-state index in [0.29, 0.717) is 29.4 Å². The van der Waals surface area contributed by atoms with Gasteiger partial charge in [-0.05, 0) is 69.7 Å². The molecule has 1 aliphatic rings. The van der Waals surface area contributed by atoms with Crippen LogP contribution in [0.3, 0.4) is 0 Å². The van der Waals surface area contributed by atoms with Crippen molar-refractivity contribution in [3.05, 3.63) is 94.8 Å². The van der Waals surface area contributed by atoms with Gasteiger partial charge in [-0.15, -0.1) is 0 Å². The second-order valence-electron chi connectivity index (χ2n) is 9.52. The van der Waals surface area contributed by atoms with E-state index in [9.17, 15) is 22.8 Å². The van der Waals surface area contributed by atoms with E-state index < -0.39 is 23.8 Å². The molecule has 9 heteroatoms. The molecule has 0 saturated heterocycles. The van der Waals surface area contributed by atoms with Crippen LogP contribution >= 0.6 is 0 Å². The summed E-state index contributed by atoms with van der Waals surface area (Å²) in [5.74, 6) is 0.00242. The van der Waals surface area contributed by atoms with Crippen LogP contribution in [0.2, 0.25) is 0 Å². The number of nitrogens with zero attached hydrogens (tertiary/aromatic N) is 1. The van der Waals surface area contributed by atoms with Crippen molar-refractivity contribution in [3.8, 4) is 0 Å². The van der Waals surface area contributed by atoms with Gasteiger partial charge in [0.15, 0.2) is 0 Å². The molecule has 2 rings (SSSR count). The Hall–Kier alpha value is -3.75. The Labute approximate surface area is 234 Å². The van der Waals surface area contributed by atoms with E-state index in [1.165, 1.54) is 24.0 Å². The topological polar surface area (TPSA) is 76.1 Å². The van der Waals surface area contributed by atoms with Crippen LogP contribution in [0.15, 0.2) is 89.3 Å². The number of alkyl halides is 3. The van der Waals surface area contributed by atoms with Gasteiger partial charge in [-0.25, -0.2) is 4.79 Å². The van der Waals surface area contributed by atoms with Crippen molar-refractivity contribution in [2.45, 2.75) is 59.2 Å². The van der Waals surface area contributed by atoms with E-state index >= 15 is 0 Å². The number of carbonyl (C=O) groups is 2. The molecule has 0 atom stereocenters. The molecule has 0 aromatic heterocycles. The number of hydrogen-bond acceptors (Lipinski definition) is 4. The minimum Gasteiger partial charge on any atom is -0.493 e. The van der Waals surface area contributed by atoms with Crippen molar-refractivity contribution >= 4 is 12.1 Å². The fourth-order valence-corrected chi connectivity index (χ4v) is 3.64. The summed E-state index contributed by atoms with van der Waals surface area (Å²) in [5, 5.41) is 8.96. The van der Waals surface area contributed by atoms with Crippen LogP contribution in [-0.4, -0.2) is 47.9 Å². The lowest BCUT2D eigenvalue weighted by Crippen LogP contribution is -2.32. The first-order valence-corrected chi connectivity index (χ1v) is 13.3. The van der Waals surface area contributed by atoms with Gasteiger partial charge >= 0.3 is 18.2 Å². The summed E-state index contributed by atoms with van der Waals surface area (Å²) in [6, 6.07) is 9.12. The van der Waals surface area contributed by atoms with Crippen LogP contribution in [0.5, 0.6) is 0 Å². The molecule has 1 saturated carbocycles. The monoisotopic (exact) mass is 561 g/mol. The summed E-state index contributed by atoms with van der Waals surface area (Å²) in [6.07, 6.45) is 5.09. The summed E-state index contributed by atoms with van der Waals surface area (Å²) in [7, 11) is 0. The molecular formula is C31H38F3NO5. The van der Waals surface area contributed by atoms with Crippen LogP contribution in [0.25, 0.3) is 0 Å². The number of likely N-dealkylation sites (N-methyl/N-ethyl adjacent to an activating group) is 1. The van der Waals surface area contributed by atoms with Gasteiger partial charge in [0.25, 0.3) is 0 Å². The second kappa shape index (κ2) is 16.4. The molecule has 1 aliphatic carbocycles. The lowest BCUT2D eigenvalue weighted by molar-refractivity contribution is -0.136. The molecule has 1 N–H and O–H groups in total. The van der Waals surface area contributed by atoms with Crippen molar-refractivity contribution in [2.75, 3.05) is 19.7 Å². The van der Waals surface area contributed by atoms with E-state index in [1.807, 2.05) is 30.3 Å². The van der Waals surface area contributed by atoms with Crippen LogP contribution < -0.4 is 0 Å². The number of allylic oxidation sites excluding steroid dienone is 7. The smallest absolute Gasteiger partial charge is 0.416 e. The molecule has 0 bridgehead atoms. The molecule has 1 fully saturated rings. The zero-order chi connectivity index (χ0) is 29.5. The van der Waals surface area contributed by atoms with Gasteiger partial charge in [0.2, 0.25) is 0 Å². The number of halogens is 3. The first-order valence-electron chi connectivity index (χ1n) is 13.3. The predicted molar refractivity (Wildman–Crippen MR) is 148 cm³/mol. The summed E-state index contributed by atoms with van der Waals surface area (Å²) in [5.41, 5.74) is 0.764. The van der Waals surface area contributed by atoms with Gasteiger partial charge in [0.05, 0.1) is 12.2 Å². The highest BCUT2D eigenvalue weighted by atomic mass is 19.4. The highest BCUT2D eigenvalue weighted by molar-refractivity contribution is 5.68. The minimum atomic E-state index is -4.63. The minimum absolute atomic E-state index is 0.0284. The van der Waals surface area contributed by atoms with Crippen molar-refractivity contribution < 1.29 is 37.3 Å². The molecule has 0 radical (unpaired) electrons. The molecule has 40 heavy (non-hydrogen) atoms. The molecule has 0 spiro atoms. The molecule has 218 valence electrons. The standard InChI is InChI=1S/C31H38F3NO5/c1-4-28(39-21-25-17-18-25)26(14-10-16-29(36)37)13-9-15-27(31(32,33)34)19-23(3)20-35(5-2)30(38)40-22-24-11-7-6-8-12-24/h4,6-9,11-15,19,25H,5,10,16-18,20-22H2,1-3H3,(H,36,37)/b13-9+,23-19+,26-14-,27-15+,28-4+. The lowest BCUT2D eigenvalue weighted by Gasteiger charge is -2.21. The molecule has 0 unspecified atom stereocenters. The van der Waals surface area contributed by atoms with Crippen LogP contribution in [0.4, 0.5) is 18.0 Å². The third kappa shape index (κ3) is 12.4. The number of amides is 1. The normalized spacial score (nSPS) is 15.3. The number of carbonyl (C=O) groups excluding carboxylic acids is 1. The first kappa shape index (κ1) is 32.5. The average molecular weight is 562 g/mol. The molecule has 0 heterocycles. The first-order chi connectivity index (χ1) is 19.0. The van der Waals surface area contributed by atoms with E-state index in [0.717, 1.165) is 30.6 Å². The average Bonchev–Trinajstić information content (AvgIpc) is 3.74. The zero-order valence-corrected chi connectivity index (χ0v) is 23.2. The number of ether oxygens (including phenoxy) is 2. The van der Waals surface area contributed by atoms with Gasteiger partial charge in [-0.3, -0.25) is 4.79 Å². The summed E-state index contributed by atoms with van der Waals surface area (Å²) in [4.78, 5) is 24.8. The Kier molecular flexibility index (Phi) is 13.3. The molecule has 0 aliphatic heterocycles. The van der Waals surface area contributed by atoms with Gasteiger partial charge in [-0.2, -0.15) is 13.2 Å². The fourth-order valence-electron chi connectivity index (χ4n) is 3.64. The maximum Gasteiger partial charge on any atom is 0.416 e. The number of hydrogen-bond donors (Lipinski definition) is 1. The Bertz CT molecular complexity index is 1130. The maximum absolute atomic E-state index is 13.9. The van der Waals surface area contributed by atoms with Crippen LogP contribution in [0, 0.1) is 5.92 Å². The number of aliphatic carboxylic acids is 1. The Morgan fingerprint density at radius 1 is 1.15 bits per heavy atom. The Morgan fingerprint density at radius 3 is 2.42 bits per heavy atom. The summed E-state index contributed by atoms with van der Waals surface area (Å²) >= 11 is 0. The highest BCUT2D eigenvalue weighted by Gasteiger charge is 2.32. The second-order valence-corrected chi connectivity index (χ2v) is 9.52. The van der Waals surface area contributed by atoms with Crippen LogP contribution in [0.1, 0.15) is 52.0 Å². The molecular weight excluding hydrogens is 523 g/mol. The zero-order valence-electron chi connectivity index (χ0n) is 23.2. The quantitative estimate of drug-likeness (QED) is 0.175. The van der Waals surface area contributed by atoms with E-state index in [4.69, 9.17) is 14.6 Å². The van der Waals surface area contributed by atoms with Crippen molar-refractivity contribution in [3.63, 3.8) is 0 Å². The van der Waals surface area contributed by atoms with Gasteiger partial charge < -0.3 is 19.5 Å². The SMILES string of the molecule is C\C=C(OCC1CC1)/C(=C\CCC(=O)O)/C=C/C=C(\C=C(/C)CN(CC)C(=O)OCc1ccccc1)C(F)(F)F. The molecule has 1 amide bonds. The fraction of sp³-hybridized carbons (Fsp3) is 0.419. The van der Waals surface area contributed by atoms with E-state index in [-0.39, 0.29) is 32.5 Å². The van der Waals surface area contributed by atoms with Crippen molar-refractivity contribution in [2.24, 2.45) is 5.92 Å². The van der Waals surface area contributed by atoms with Crippen LogP contribution in [-0.2, 0) is 20.9 Å². The molecule has 1 aromatic carbocycles. The number of carboxylic acids is 1. The number of carboxylic acid groups (broad SMARTS) is 1. The molecule has 6 nitrogen and oxygen atoms in total. The molecule has 1 aromatic rings. The van der Waals surface area contributed by atoms with Crippen molar-refractivity contribution in [1.29, 1.82) is 0 Å². The number of rotatable bonds is 15. The van der Waals surface area contributed by atoms with Crippen molar-refractivity contribution in [1.82, 2.24) is 4.90 Å². The third-order valence-corrected chi connectivity index (χ3v) is 6.01. The maximum atomic E-state index is 13.9. The lowest BCUT2D eigenvalue weighted by atomic mass is 10.1. The van der Waals surface area contributed by atoms with Gasteiger partial charge in [-0.1, -0.05) is 54.1 Å². The van der Waals surface area contributed by atoms with E-state index in [1.54, 1.807) is 26.0 Å². The summed E-state index contributed by atoms with van der Waals surface area (Å²) in [6.45, 7) is 5.82. The van der Waals surface area contributed by atoms with Gasteiger partial charge in [0.1, 0.15) is 12.4 Å². The highest BCUT2D eigenvalue weighted by Crippen LogP contribution is 2.31. The Morgan fingerprint density at radius 2 is 1.85 bits per heavy atom. The predicted octanol–water partition coefficient (Wildman–Crippen LogP) is 7.76. The number of benzene rings is 1.